The molecule has 0 radical (unpaired) electrons. The normalized spacial score (nSPS) is 12.5. The predicted octanol–water partition coefficient (Wildman–Crippen LogP) is 21.4. The Morgan fingerprint density at radius 2 is 0.667 bits per heavy atom. The van der Waals surface area contributed by atoms with E-state index in [1.165, 1.54) is 38.6 Å². The molecule has 0 N–H and O–H groups in total. The number of hydrogen-bond acceptors (Lipinski definition) is 4. The second-order valence-electron chi connectivity index (χ2n) is 22.5. The van der Waals surface area contributed by atoms with E-state index in [2.05, 4.69) is 276 Å². The molecule has 87 heavy (non-hydrogen) atoms. The summed E-state index contributed by atoms with van der Waals surface area (Å²) in [4.78, 5) is 14.5. The van der Waals surface area contributed by atoms with Crippen molar-refractivity contribution < 1.29 is 4.42 Å². The number of benzene rings is 11. The van der Waals surface area contributed by atoms with Crippen LogP contribution in [0.15, 0.2) is 301 Å². The minimum Gasteiger partial charge on any atom is -0.456 e. The zero-order valence-corrected chi connectivity index (χ0v) is 47.3. The van der Waals surface area contributed by atoms with Gasteiger partial charge in [-0.25, -0.2) is 0 Å². The van der Waals surface area contributed by atoms with E-state index < -0.39 is 0 Å². The molecule has 6 heterocycles. The summed E-state index contributed by atoms with van der Waals surface area (Å²) in [6.07, 6.45) is 10.00. The minimum absolute atomic E-state index is 0.832. The molecule has 1 aliphatic heterocycles. The highest BCUT2D eigenvalue weighted by atomic mass is 16.3. The number of aliphatic imine (C=N–C) groups is 1. The van der Waals surface area contributed by atoms with Crippen molar-refractivity contribution in [2.45, 2.75) is 12.8 Å². The van der Waals surface area contributed by atoms with Crippen molar-refractivity contribution in [1.82, 2.24) is 19.1 Å². The van der Waals surface area contributed by atoms with Crippen LogP contribution in [-0.4, -0.2) is 25.3 Å². The highest BCUT2D eigenvalue weighted by molar-refractivity contribution is 6.15. The maximum atomic E-state index is 6.77. The first-order chi connectivity index (χ1) is 43.1. The highest BCUT2D eigenvalue weighted by Gasteiger charge is 2.22. The molecule has 0 bridgehead atoms. The van der Waals surface area contributed by atoms with Gasteiger partial charge in [-0.15, -0.1) is 0 Å². The van der Waals surface area contributed by atoms with E-state index in [1.807, 2.05) is 30.7 Å². The van der Waals surface area contributed by atoms with E-state index in [0.717, 1.165) is 141 Å². The molecule has 408 valence electrons. The molecule has 17 rings (SSSR count). The maximum Gasteiger partial charge on any atom is 0.135 e. The van der Waals surface area contributed by atoms with Crippen molar-refractivity contribution >= 4 is 77.5 Å². The van der Waals surface area contributed by atoms with Crippen LogP contribution in [-0.2, 0) is 0 Å². The summed E-state index contributed by atoms with van der Waals surface area (Å²) in [5, 5.41) is 6.74. The molecule has 16 aromatic rings. The molecule has 6 nitrogen and oxygen atoms in total. The summed E-state index contributed by atoms with van der Waals surface area (Å²) in [5.41, 5.74) is 26.0. The molecule has 0 saturated heterocycles. The van der Waals surface area contributed by atoms with Gasteiger partial charge in [0.15, 0.2) is 0 Å². The first-order valence-electron chi connectivity index (χ1n) is 29.8. The second-order valence-corrected chi connectivity index (χ2v) is 22.5. The number of hydrogen-bond donors (Lipinski definition) is 0. The molecule has 0 saturated carbocycles. The predicted molar refractivity (Wildman–Crippen MR) is 362 cm³/mol. The Morgan fingerprint density at radius 1 is 0.287 bits per heavy atom. The summed E-state index contributed by atoms with van der Waals surface area (Å²) in [7, 11) is 0. The largest absolute Gasteiger partial charge is 0.456 e. The van der Waals surface area contributed by atoms with Crippen molar-refractivity contribution in [2.75, 3.05) is 0 Å². The molecule has 5 aromatic heterocycles. The van der Waals surface area contributed by atoms with Crippen molar-refractivity contribution in [1.29, 1.82) is 0 Å². The summed E-state index contributed by atoms with van der Waals surface area (Å²) in [5.74, 6) is 0. The van der Waals surface area contributed by atoms with E-state index in [0.29, 0.717) is 0 Å². The number of allylic oxidation sites excluding steroid dienone is 1. The average molecular weight is 1110 g/mol. The SMILES string of the molecule is C1=NC(c2ccccc2-c2ccc3c(c2)c2cc(-c4ccccc4-c4ccccc4)ccc2n3-c2ccc3oc4ccc(-n5c6ccc(-c7ccccc7-c7ccccn7)cc6c6cc(-c7ccccc7-c7ccccn7)ccc65)cc4c3c2)=CCC1. The van der Waals surface area contributed by atoms with Gasteiger partial charge < -0.3 is 13.6 Å². The lowest BCUT2D eigenvalue weighted by atomic mass is 9.93. The van der Waals surface area contributed by atoms with Gasteiger partial charge in [0.1, 0.15) is 11.2 Å². The molecule has 1 aliphatic rings. The van der Waals surface area contributed by atoms with Gasteiger partial charge in [0.25, 0.3) is 0 Å². The number of fused-ring (bicyclic) bond motifs is 9. The Bertz CT molecular complexity index is 5310. The van der Waals surface area contributed by atoms with Crippen LogP contribution >= 0.6 is 0 Å². The summed E-state index contributed by atoms with van der Waals surface area (Å²) in [6.45, 7) is 0. The van der Waals surface area contributed by atoms with E-state index in [1.54, 1.807) is 0 Å². The van der Waals surface area contributed by atoms with Crippen LogP contribution in [0.25, 0.3) is 161 Å². The average Bonchev–Trinajstić information content (AvgIpc) is 1.70. The molecular weight excluding hydrogens is 1060 g/mol. The summed E-state index contributed by atoms with van der Waals surface area (Å²) >= 11 is 0. The molecule has 11 aromatic carbocycles. The Kier molecular flexibility index (Phi) is 11.9. The van der Waals surface area contributed by atoms with Gasteiger partial charge in [0.05, 0.1) is 39.2 Å². The van der Waals surface area contributed by atoms with Gasteiger partial charge >= 0.3 is 0 Å². The van der Waals surface area contributed by atoms with Crippen LogP contribution in [0.1, 0.15) is 18.4 Å². The summed E-state index contributed by atoms with van der Waals surface area (Å²) < 4.78 is 11.6. The molecule has 6 heteroatoms. The topological polar surface area (TPSA) is 61.1 Å². The van der Waals surface area contributed by atoms with Gasteiger partial charge in [-0.05, 0) is 178 Å². The number of pyridine rings is 2. The standard InChI is InChI=1S/C81H53N5O/c1-2-18-52(19-3-1)59-20-4-5-21-60(59)53-31-37-76-67(46-53)68-47-54(61-22-6-9-25-64(61)73-28-12-15-43-82-73)32-38-77(68)85(76)57-35-41-80-71(50-57)72-51-58(36-42-81(72)87-80)86-78-39-33-55(62-23-7-10-26-65(62)74-29-13-16-44-83-74)48-69(78)70-49-56(34-40-79(70)86)63-24-8-11-27-66(63)75-30-14-17-45-84-75/h1-11,13-14,16-51H,12,15H2. The van der Waals surface area contributed by atoms with E-state index >= 15 is 0 Å². The quantitative estimate of drug-likeness (QED) is 0.137. The van der Waals surface area contributed by atoms with Crippen LogP contribution in [0, 0.1) is 0 Å². The number of rotatable bonds is 10. The molecular formula is C81H53N5O. The zero-order chi connectivity index (χ0) is 57.4. The Balaban J connectivity index is 0.846. The molecule has 0 fully saturated rings. The first kappa shape index (κ1) is 50.1. The van der Waals surface area contributed by atoms with Crippen LogP contribution < -0.4 is 0 Å². The van der Waals surface area contributed by atoms with Crippen LogP contribution in [0.5, 0.6) is 0 Å². The van der Waals surface area contributed by atoms with Gasteiger partial charge in [-0.2, -0.15) is 0 Å². The highest BCUT2D eigenvalue weighted by Crippen LogP contribution is 2.45. The Morgan fingerprint density at radius 3 is 1.08 bits per heavy atom. The maximum absolute atomic E-state index is 6.77. The minimum atomic E-state index is 0.832. The molecule has 0 aliphatic carbocycles. The third-order valence-corrected chi connectivity index (χ3v) is 17.5. The van der Waals surface area contributed by atoms with E-state index in [4.69, 9.17) is 19.4 Å². The fourth-order valence-electron chi connectivity index (χ4n) is 13.5. The van der Waals surface area contributed by atoms with Crippen LogP contribution in [0.2, 0.25) is 0 Å². The van der Waals surface area contributed by atoms with Gasteiger partial charge in [-0.1, -0.05) is 170 Å². The number of furan rings is 1. The van der Waals surface area contributed by atoms with Crippen molar-refractivity contribution in [3.05, 3.63) is 297 Å². The van der Waals surface area contributed by atoms with Crippen molar-refractivity contribution in [2.24, 2.45) is 4.99 Å². The fourth-order valence-corrected chi connectivity index (χ4v) is 13.5. The van der Waals surface area contributed by atoms with Gasteiger partial charge in [0, 0.05) is 79.0 Å². The smallest absolute Gasteiger partial charge is 0.135 e. The van der Waals surface area contributed by atoms with Crippen molar-refractivity contribution in [3.63, 3.8) is 0 Å². The second kappa shape index (κ2) is 20.7. The first-order valence-corrected chi connectivity index (χ1v) is 29.8. The van der Waals surface area contributed by atoms with Gasteiger partial charge in [0.2, 0.25) is 0 Å². The lowest BCUT2D eigenvalue weighted by Gasteiger charge is -2.13. The fraction of sp³-hybridized carbons (Fsp3) is 0.0247. The molecule has 0 amide bonds. The Hall–Kier alpha value is -11.5. The van der Waals surface area contributed by atoms with E-state index in [-0.39, 0.29) is 0 Å². The lowest BCUT2D eigenvalue weighted by molar-refractivity contribution is 0.669. The van der Waals surface area contributed by atoms with Crippen LogP contribution in [0.3, 0.4) is 0 Å². The lowest BCUT2D eigenvalue weighted by Crippen LogP contribution is -1.95. The number of aromatic nitrogens is 4. The van der Waals surface area contributed by atoms with Gasteiger partial charge in [-0.3, -0.25) is 15.0 Å². The third-order valence-electron chi connectivity index (χ3n) is 17.5. The molecule has 0 atom stereocenters. The monoisotopic (exact) mass is 1110 g/mol. The van der Waals surface area contributed by atoms with Crippen LogP contribution in [0.4, 0.5) is 0 Å². The zero-order valence-electron chi connectivity index (χ0n) is 47.3. The van der Waals surface area contributed by atoms with Crippen molar-refractivity contribution in [3.8, 4) is 89.5 Å². The third kappa shape index (κ3) is 8.52. The summed E-state index contributed by atoms with van der Waals surface area (Å²) in [6, 6.07) is 98.7. The Labute approximate surface area is 502 Å². The number of nitrogens with zero attached hydrogens (tertiary/aromatic N) is 5. The molecule has 0 unspecified atom stereocenters. The van der Waals surface area contributed by atoms with E-state index in [9.17, 15) is 0 Å². The molecule has 0 spiro atoms.